The molecule has 0 aromatic carbocycles. The van der Waals surface area contributed by atoms with E-state index in [1.165, 1.54) is 24.2 Å². The van der Waals surface area contributed by atoms with Crippen molar-refractivity contribution in [2.75, 3.05) is 26.2 Å². The Morgan fingerprint density at radius 1 is 1.62 bits per heavy atom. The average Bonchev–Trinajstić information content (AvgIpc) is 2.84. The maximum atomic E-state index is 11.7. The van der Waals surface area contributed by atoms with Crippen molar-refractivity contribution in [2.45, 2.75) is 12.8 Å². The van der Waals surface area contributed by atoms with Gasteiger partial charge in [0.05, 0.1) is 11.4 Å². The SMILES string of the molecule is O=C(CNC[C@@H]1CCCNC1)c1cccs1. The van der Waals surface area contributed by atoms with Gasteiger partial charge in [-0.3, -0.25) is 4.79 Å². The van der Waals surface area contributed by atoms with Crippen molar-refractivity contribution in [2.24, 2.45) is 5.92 Å². The molecule has 0 bridgehead atoms. The van der Waals surface area contributed by atoms with Crippen LogP contribution in [-0.2, 0) is 0 Å². The van der Waals surface area contributed by atoms with Crippen molar-refractivity contribution in [3.8, 4) is 0 Å². The van der Waals surface area contributed by atoms with Gasteiger partial charge in [-0.2, -0.15) is 0 Å². The van der Waals surface area contributed by atoms with Gasteiger partial charge in [0.25, 0.3) is 0 Å². The summed E-state index contributed by atoms with van der Waals surface area (Å²) in [7, 11) is 0. The fourth-order valence-corrected chi connectivity index (χ4v) is 2.68. The van der Waals surface area contributed by atoms with E-state index in [4.69, 9.17) is 0 Å². The number of hydrogen-bond donors (Lipinski definition) is 2. The Morgan fingerprint density at radius 2 is 2.56 bits per heavy atom. The number of piperidine rings is 1. The van der Waals surface area contributed by atoms with Crippen LogP contribution in [0.4, 0.5) is 0 Å². The average molecular weight is 238 g/mol. The maximum absolute atomic E-state index is 11.7. The topological polar surface area (TPSA) is 41.1 Å². The summed E-state index contributed by atoms with van der Waals surface area (Å²) in [6, 6.07) is 3.81. The van der Waals surface area contributed by atoms with E-state index in [-0.39, 0.29) is 5.78 Å². The van der Waals surface area contributed by atoms with Gasteiger partial charge in [-0.25, -0.2) is 0 Å². The van der Waals surface area contributed by atoms with Crippen molar-refractivity contribution < 1.29 is 4.79 Å². The lowest BCUT2D eigenvalue weighted by molar-refractivity contribution is 0.0993. The molecule has 0 radical (unpaired) electrons. The predicted molar refractivity (Wildman–Crippen MR) is 67.1 cm³/mol. The molecular formula is C12H18N2OS. The number of thiophene rings is 1. The summed E-state index contributed by atoms with van der Waals surface area (Å²) in [5, 5.41) is 8.58. The van der Waals surface area contributed by atoms with Gasteiger partial charge in [0.1, 0.15) is 0 Å². The quantitative estimate of drug-likeness (QED) is 0.764. The zero-order valence-electron chi connectivity index (χ0n) is 9.37. The molecule has 1 aromatic rings. The first-order valence-electron chi connectivity index (χ1n) is 5.84. The molecule has 2 rings (SSSR count). The van der Waals surface area contributed by atoms with Crippen LogP contribution in [0, 0.1) is 5.92 Å². The highest BCUT2D eigenvalue weighted by Gasteiger charge is 2.13. The van der Waals surface area contributed by atoms with Crippen LogP contribution in [0.5, 0.6) is 0 Å². The molecule has 2 N–H and O–H groups in total. The number of carbonyl (C=O) groups excluding carboxylic acids is 1. The Hall–Kier alpha value is -0.710. The van der Waals surface area contributed by atoms with Crippen LogP contribution in [-0.4, -0.2) is 32.0 Å². The number of rotatable bonds is 5. The summed E-state index contributed by atoms with van der Waals surface area (Å²) in [6.07, 6.45) is 2.53. The third-order valence-corrected chi connectivity index (χ3v) is 3.82. The molecule has 0 unspecified atom stereocenters. The minimum absolute atomic E-state index is 0.207. The molecule has 1 aromatic heterocycles. The number of Topliss-reactive ketones (excluding diaryl/α,β-unsaturated/α-hetero) is 1. The molecule has 4 heteroatoms. The van der Waals surface area contributed by atoms with Crippen molar-refractivity contribution in [3.05, 3.63) is 22.4 Å². The molecule has 0 saturated carbocycles. The highest BCUT2D eigenvalue weighted by molar-refractivity contribution is 7.12. The molecule has 16 heavy (non-hydrogen) atoms. The zero-order chi connectivity index (χ0) is 11.2. The number of carbonyl (C=O) groups is 1. The smallest absolute Gasteiger partial charge is 0.186 e. The number of ketones is 1. The van der Waals surface area contributed by atoms with E-state index in [9.17, 15) is 4.79 Å². The second-order valence-corrected chi connectivity index (χ2v) is 5.19. The first-order valence-corrected chi connectivity index (χ1v) is 6.72. The second-order valence-electron chi connectivity index (χ2n) is 4.24. The highest BCUT2D eigenvalue weighted by atomic mass is 32.1. The summed E-state index contributed by atoms with van der Waals surface area (Å²) in [5.74, 6) is 0.892. The molecule has 88 valence electrons. The molecule has 1 aliphatic rings. The van der Waals surface area contributed by atoms with E-state index in [0.717, 1.165) is 24.5 Å². The summed E-state index contributed by atoms with van der Waals surface area (Å²) in [6.45, 7) is 3.64. The lowest BCUT2D eigenvalue weighted by atomic mass is 10.00. The monoisotopic (exact) mass is 238 g/mol. The normalized spacial score (nSPS) is 20.9. The fourth-order valence-electron chi connectivity index (χ4n) is 2.01. The Kier molecular flexibility index (Phi) is 4.51. The number of hydrogen-bond acceptors (Lipinski definition) is 4. The van der Waals surface area contributed by atoms with Gasteiger partial charge in [-0.05, 0) is 49.8 Å². The fraction of sp³-hybridized carbons (Fsp3) is 0.583. The largest absolute Gasteiger partial charge is 0.316 e. The van der Waals surface area contributed by atoms with Crippen molar-refractivity contribution in [1.29, 1.82) is 0 Å². The molecule has 1 fully saturated rings. The van der Waals surface area contributed by atoms with E-state index in [1.54, 1.807) is 0 Å². The van der Waals surface area contributed by atoms with Gasteiger partial charge in [0, 0.05) is 0 Å². The third-order valence-electron chi connectivity index (χ3n) is 2.91. The molecule has 1 atom stereocenters. The van der Waals surface area contributed by atoms with E-state index in [1.807, 2.05) is 17.5 Å². The molecule has 0 spiro atoms. The second kappa shape index (κ2) is 6.13. The van der Waals surface area contributed by atoms with Crippen LogP contribution in [0.3, 0.4) is 0 Å². The Bertz CT molecular complexity index is 318. The maximum Gasteiger partial charge on any atom is 0.186 e. The standard InChI is InChI=1S/C12H18N2OS/c15-11(12-4-2-6-16-12)9-14-8-10-3-1-5-13-7-10/h2,4,6,10,13-14H,1,3,5,7-9H2/t10-/m1/s1. The molecule has 1 aliphatic heterocycles. The molecule has 2 heterocycles. The highest BCUT2D eigenvalue weighted by Crippen LogP contribution is 2.10. The minimum Gasteiger partial charge on any atom is -0.316 e. The van der Waals surface area contributed by atoms with Crippen molar-refractivity contribution in [3.63, 3.8) is 0 Å². The summed E-state index contributed by atoms with van der Waals surface area (Å²) in [4.78, 5) is 12.5. The van der Waals surface area contributed by atoms with Crippen LogP contribution < -0.4 is 10.6 Å². The Labute approximate surface area is 100 Å². The lowest BCUT2D eigenvalue weighted by Gasteiger charge is -2.22. The van der Waals surface area contributed by atoms with E-state index >= 15 is 0 Å². The summed E-state index contributed by atoms with van der Waals surface area (Å²) >= 11 is 1.52. The Balaban J connectivity index is 1.66. The zero-order valence-corrected chi connectivity index (χ0v) is 10.2. The molecule has 0 aliphatic carbocycles. The third kappa shape index (κ3) is 3.40. The molecule has 1 saturated heterocycles. The van der Waals surface area contributed by atoms with Crippen LogP contribution in [0.25, 0.3) is 0 Å². The summed E-state index contributed by atoms with van der Waals surface area (Å²) in [5.41, 5.74) is 0. The molecule has 0 amide bonds. The van der Waals surface area contributed by atoms with Crippen LogP contribution in [0.2, 0.25) is 0 Å². The van der Waals surface area contributed by atoms with Gasteiger partial charge in [-0.1, -0.05) is 6.07 Å². The van der Waals surface area contributed by atoms with Crippen LogP contribution in [0.15, 0.2) is 17.5 Å². The predicted octanol–water partition coefficient (Wildman–Crippen LogP) is 1.52. The lowest BCUT2D eigenvalue weighted by Crippen LogP contribution is -2.37. The number of nitrogens with one attached hydrogen (secondary N) is 2. The first-order chi connectivity index (χ1) is 7.86. The van der Waals surface area contributed by atoms with Gasteiger partial charge in [0.15, 0.2) is 5.78 Å². The van der Waals surface area contributed by atoms with E-state index < -0.39 is 0 Å². The van der Waals surface area contributed by atoms with Crippen molar-refractivity contribution >= 4 is 17.1 Å². The molecular weight excluding hydrogens is 220 g/mol. The summed E-state index contributed by atoms with van der Waals surface area (Å²) < 4.78 is 0. The van der Waals surface area contributed by atoms with Gasteiger partial charge in [-0.15, -0.1) is 11.3 Å². The minimum atomic E-state index is 0.207. The van der Waals surface area contributed by atoms with Gasteiger partial charge in [0.2, 0.25) is 0 Å². The first kappa shape index (κ1) is 11.8. The van der Waals surface area contributed by atoms with E-state index in [2.05, 4.69) is 10.6 Å². The van der Waals surface area contributed by atoms with E-state index in [0.29, 0.717) is 12.5 Å². The van der Waals surface area contributed by atoms with Gasteiger partial charge >= 0.3 is 0 Å². The Morgan fingerprint density at radius 3 is 3.25 bits per heavy atom. The van der Waals surface area contributed by atoms with Crippen molar-refractivity contribution in [1.82, 2.24) is 10.6 Å². The molecule has 3 nitrogen and oxygen atoms in total. The van der Waals surface area contributed by atoms with Crippen LogP contribution in [0.1, 0.15) is 22.5 Å². The van der Waals surface area contributed by atoms with Crippen LogP contribution >= 0.6 is 11.3 Å². The van der Waals surface area contributed by atoms with Gasteiger partial charge < -0.3 is 10.6 Å².